The smallest absolute Gasteiger partial charge is 0.244 e. The van der Waals surface area contributed by atoms with Crippen molar-refractivity contribution in [3.63, 3.8) is 0 Å². The Bertz CT molecular complexity index is 795. The van der Waals surface area contributed by atoms with Gasteiger partial charge in [-0.25, -0.2) is 5.43 Å². The van der Waals surface area contributed by atoms with E-state index >= 15 is 0 Å². The Balaban J connectivity index is 1.93. The summed E-state index contributed by atoms with van der Waals surface area (Å²) in [5, 5.41) is 3.96. The van der Waals surface area contributed by atoms with Gasteiger partial charge in [-0.05, 0) is 41.5 Å². The van der Waals surface area contributed by atoms with E-state index in [0.29, 0.717) is 11.5 Å². The molecule has 0 saturated heterocycles. The molecule has 0 saturated carbocycles. The molecule has 0 aliphatic carbocycles. The van der Waals surface area contributed by atoms with Gasteiger partial charge in [0.2, 0.25) is 5.91 Å². The molecule has 0 aliphatic heterocycles. The van der Waals surface area contributed by atoms with Crippen molar-refractivity contribution in [3.8, 4) is 23.8 Å². The maximum atomic E-state index is 11.9. The molecule has 1 amide bonds. The number of benzene rings is 2. The van der Waals surface area contributed by atoms with E-state index in [4.69, 9.17) is 15.9 Å². The minimum Gasteiger partial charge on any atom is -0.493 e. The topological polar surface area (TPSA) is 59.9 Å². The average molecular weight is 401 g/mol. The summed E-state index contributed by atoms with van der Waals surface area (Å²) in [4.78, 5) is 11.9. The number of hydrogen-bond acceptors (Lipinski definition) is 4. The van der Waals surface area contributed by atoms with Crippen molar-refractivity contribution < 1.29 is 14.3 Å². The standard InChI is InChI=1S/C19H17BrN2O3/c1-3-10-25-17-9-6-15(11-18(17)24-2)13-21-22-19(23)12-14-4-7-16(20)8-5-14/h1,4-9,11,13H,10,12H2,2H3,(H,22,23)/b21-13-. The number of amides is 1. The molecule has 5 nitrogen and oxygen atoms in total. The number of halogens is 1. The molecule has 0 unspecified atom stereocenters. The Kier molecular flexibility index (Phi) is 7.05. The first-order valence-corrected chi connectivity index (χ1v) is 8.22. The van der Waals surface area contributed by atoms with E-state index in [9.17, 15) is 4.79 Å². The molecule has 0 spiro atoms. The van der Waals surface area contributed by atoms with E-state index < -0.39 is 0 Å². The summed E-state index contributed by atoms with van der Waals surface area (Å²) in [5.41, 5.74) is 4.17. The molecule has 25 heavy (non-hydrogen) atoms. The quantitative estimate of drug-likeness (QED) is 0.441. The lowest BCUT2D eigenvalue weighted by molar-refractivity contribution is -0.120. The van der Waals surface area contributed by atoms with Crippen LogP contribution in [-0.2, 0) is 11.2 Å². The molecule has 0 fully saturated rings. The molecule has 2 rings (SSSR count). The van der Waals surface area contributed by atoms with Gasteiger partial charge in [0, 0.05) is 4.47 Å². The fraction of sp³-hybridized carbons (Fsp3) is 0.158. The number of terminal acetylenes is 1. The minimum atomic E-state index is -0.195. The zero-order chi connectivity index (χ0) is 18.1. The van der Waals surface area contributed by atoms with Crippen molar-refractivity contribution in [1.29, 1.82) is 0 Å². The molecule has 0 heterocycles. The van der Waals surface area contributed by atoms with E-state index in [1.54, 1.807) is 25.3 Å². The van der Waals surface area contributed by atoms with Crippen LogP contribution in [0.5, 0.6) is 11.5 Å². The molecule has 2 aromatic rings. The monoisotopic (exact) mass is 400 g/mol. The number of nitrogens with one attached hydrogen (secondary N) is 1. The van der Waals surface area contributed by atoms with E-state index in [1.807, 2.05) is 24.3 Å². The van der Waals surface area contributed by atoms with Gasteiger partial charge in [0.15, 0.2) is 11.5 Å². The molecular formula is C19H17BrN2O3. The van der Waals surface area contributed by atoms with Crippen molar-refractivity contribution in [3.05, 3.63) is 58.1 Å². The number of hydrazone groups is 1. The lowest BCUT2D eigenvalue weighted by Gasteiger charge is -2.09. The van der Waals surface area contributed by atoms with Crippen molar-refractivity contribution >= 4 is 28.1 Å². The lowest BCUT2D eigenvalue weighted by Crippen LogP contribution is -2.19. The first-order chi connectivity index (χ1) is 12.1. The van der Waals surface area contributed by atoms with Gasteiger partial charge in [-0.1, -0.05) is 34.0 Å². The van der Waals surface area contributed by atoms with Crippen molar-refractivity contribution in [2.75, 3.05) is 13.7 Å². The summed E-state index contributed by atoms with van der Waals surface area (Å²) >= 11 is 3.36. The maximum absolute atomic E-state index is 11.9. The largest absolute Gasteiger partial charge is 0.493 e. The van der Waals surface area contributed by atoms with Crippen molar-refractivity contribution in [2.24, 2.45) is 5.10 Å². The molecule has 6 heteroatoms. The summed E-state index contributed by atoms with van der Waals surface area (Å²) in [6.45, 7) is 0.163. The van der Waals surface area contributed by atoms with E-state index in [2.05, 4.69) is 32.4 Å². The van der Waals surface area contributed by atoms with Crippen LogP contribution >= 0.6 is 15.9 Å². The first-order valence-electron chi connectivity index (χ1n) is 7.43. The van der Waals surface area contributed by atoms with Crippen LogP contribution < -0.4 is 14.9 Å². The summed E-state index contributed by atoms with van der Waals surface area (Å²) in [6, 6.07) is 12.8. The highest BCUT2D eigenvalue weighted by atomic mass is 79.9. The number of rotatable bonds is 7. The molecule has 1 N–H and O–H groups in total. The predicted octanol–water partition coefficient (Wildman–Crippen LogP) is 3.16. The summed E-state index contributed by atoms with van der Waals surface area (Å²) in [5.74, 6) is 3.30. The van der Waals surface area contributed by atoms with Gasteiger partial charge in [-0.2, -0.15) is 5.10 Å². The normalized spacial score (nSPS) is 10.3. The molecule has 0 aliphatic rings. The molecule has 128 valence electrons. The van der Waals surface area contributed by atoms with E-state index in [-0.39, 0.29) is 18.9 Å². The van der Waals surface area contributed by atoms with E-state index in [1.165, 1.54) is 6.21 Å². The molecule has 0 aromatic heterocycles. The highest BCUT2D eigenvalue weighted by molar-refractivity contribution is 9.10. The second-order valence-corrected chi connectivity index (χ2v) is 5.92. The first kappa shape index (κ1) is 18.6. The van der Waals surface area contributed by atoms with Gasteiger partial charge in [0.05, 0.1) is 19.7 Å². The zero-order valence-corrected chi connectivity index (χ0v) is 15.2. The Hall–Kier alpha value is -2.78. The second kappa shape index (κ2) is 9.50. The van der Waals surface area contributed by atoms with Crippen LogP contribution in [0.25, 0.3) is 0 Å². The minimum absolute atomic E-state index is 0.163. The van der Waals surface area contributed by atoms with Crippen LogP contribution in [0.2, 0.25) is 0 Å². The van der Waals surface area contributed by atoms with Crippen LogP contribution in [0.1, 0.15) is 11.1 Å². The Morgan fingerprint density at radius 3 is 2.72 bits per heavy atom. The number of nitrogens with zero attached hydrogens (tertiary/aromatic N) is 1. The summed E-state index contributed by atoms with van der Waals surface area (Å²) in [6.07, 6.45) is 6.97. The molecule has 2 aromatic carbocycles. The van der Waals surface area contributed by atoms with Crippen molar-refractivity contribution in [2.45, 2.75) is 6.42 Å². The second-order valence-electron chi connectivity index (χ2n) is 5.00. The van der Waals surface area contributed by atoms with Crippen LogP contribution in [0.4, 0.5) is 0 Å². The molecule has 0 bridgehead atoms. The van der Waals surface area contributed by atoms with Crippen LogP contribution in [0.3, 0.4) is 0 Å². The number of ether oxygens (including phenoxy) is 2. The maximum Gasteiger partial charge on any atom is 0.244 e. The number of carbonyl (C=O) groups is 1. The van der Waals surface area contributed by atoms with Crippen molar-refractivity contribution in [1.82, 2.24) is 5.43 Å². The third kappa shape index (κ3) is 5.98. The third-order valence-electron chi connectivity index (χ3n) is 3.18. The fourth-order valence-electron chi connectivity index (χ4n) is 2.01. The summed E-state index contributed by atoms with van der Waals surface area (Å²) in [7, 11) is 1.54. The number of carbonyl (C=O) groups excluding carboxylic acids is 1. The lowest BCUT2D eigenvalue weighted by atomic mass is 10.1. The Morgan fingerprint density at radius 1 is 1.28 bits per heavy atom. The highest BCUT2D eigenvalue weighted by Crippen LogP contribution is 2.27. The van der Waals surface area contributed by atoms with Gasteiger partial charge in [0.25, 0.3) is 0 Å². The van der Waals surface area contributed by atoms with Gasteiger partial charge < -0.3 is 9.47 Å². The fourth-order valence-corrected chi connectivity index (χ4v) is 2.27. The Morgan fingerprint density at radius 2 is 2.04 bits per heavy atom. The highest BCUT2D eigenvalue weighted by Gasteiger charge is 2.05. The molecule has 0 radical (unpaired) electrons. The van der Waals surface area contributed by atoms with Gasteiger partial charge >= 0.3 is 0 Å². The average Bonchev–Trinajstić information content (AvgIpc) is 2.62. The third-order valence-corrected chi connectivity index (χ3v) is 3.71. The van der Waals surface area contributed by atoms with Crippen LogP contribution in [0, 0.1) is 12.3 Å². The zero-order valence-electron chi connectivity index (χ0n) is 13.7. The van der Waals surface area contributed by atoms with Gasteiger partial charge in [-0.3, -0.25) is 4.79 Å². The SMILES string of the molecule is C#CCOc1ccc(/C=N\NC(=O)Cc2ccc(Br)cc2)cc1OC. The summed E-state index contributed by atoms with van der Waals surface area (Å²) < 4.78 is 11.6. The number of methoxy groups -OCH3 is 1. The van der Waals surface area contributed by atoms with Gasteiger partial charge in [0.1, 0.15) is 6.61 Å². The molecular weight excluding hydrogens is 384 g/mol. The Labute approximate surface area is 155 Å². The van der Waals surface area contributed by atoms with Crippen LogP contribution in [0.15, 0.2) is 52.0 Å². The van der Waals surface area contributed by atoms with Crippen LogP contribution in [-0.4, -0.2) is 25.8 Å². The van der Waals surface area contributed by atoms with Gasteiger partial charge in [-0.15, -0.1) is 6.42 Å². The van der Waals surface area contributed by atoms with E-state index in [0.717, 1.165) is 15.6 Å². The molecule has 0 atom stereocenters. The predicted molar refractivity (Wildman–Crippen MR) is 101 cm³/mol. The number of hydrogen-bond donors (Lipinski definition) is 1.